The SMILES string of the molecule is COc1ccc(CC2CCN(C(=O)C3(O)CCCC3)CC2)cc1. The molecule has 23 heavy (non-hydrogen) atoms. The third kappa shape index (κ3) is 3.69. The van der Waals surface area contributed by atoms with Gasteiger partial charge in [-0.3, -0.25) is 4.79 Å². The molecule has 1 heterocycles. The van der Waals surface area contributed by atoms with Gasteiger partial charge >= 0.3 is 0 Å². The first kappa shape index (κ1) is 16.3. The van der Waals surface area contributed by atoms with Crippen LogP contribution in [0, 0.1) is 5.92 Å². The quantitative estimate of drug-likeness (QED) is 0.929. The van der Waals surface area contributed by atoms with Gasteiger partial charge in [0.25, 0.3) is 5.91 Å². The predicted molar refractivity (Wildman–Crippen MR) is 89.4 cm³/mol. The minimum Gasteiger partial charge on any atom is -0.497 e. The van der Waals surface area contributed by atoms with Crippen molar-refractivity contribution >= 4 is 5.91 Å². The molecule has 2 fully saturated rings. The summed E-state index contributed by atoms with van der Waals surface area (Å²) >= 11 is 0. The van der Waals surface area contributed by atoms with Gasteiger partial charge in [-0.15, -0.1) is 0 Å². The standard InChI is InChI=1S/C19H27NO3/c1-23-17-6-4-15(5-7-17)14-16-8-12-20(13-9-16)18(21)19(22)10-2-3-11-19/h4-7,16,22H,2-3,8-14H2,1H3. The summed E-state index contributed by atoms with van der Waals surface area (Å²) in [5, 5.41) is 10.5. The van der Waals surface area contributed by atoms with Crippen LogP contribution in [0.4, 0.5) is 0 Å². The van der Waals surface area contributed by atoms with Crippen molar-refractivity contribution in [2.75, 3.05) is 20.2 Å². The number of amides is 1. The van der Waals surface area contributed by atoms with Gasteiger partial charge in [0.05, 0.1) is 7.11 Å². The fourth-order valence-electron chi connectivity index (χ4n) is 3.90. The Bertz CT molecular complexity index is 526. The van der Waals surface area contributed by atoms with Crippen molar-refractivity contribution in [1.29, 1.82) is 0 Å². The van der Waals surface area contributed by atoms with E-state index in [1.165, 1.54) is 5.56 Å². The number of hydrogen-bond donors (Lipinski definition) is 1. The average Bonchev–Trinajstić information content (AvgIpc) is 3.03. The molecular formula is C19H27NO3. The van der Waals surface area contributed by atoms with Gasteiger partial charge in [-0.2, -0.15) is 0 Å². The van der Waals surface area contributed by atoms with Gasteiger partial charge in [0.2, 0.25) is 0 Å². The van der Waals surface area contributed by atoms with Gasteiger partial charge in [-0.25, -0.2) is 0 Å². The van der Waals surface area contributed by atoms with E-state index in [0.29, 0.717) is 18.8 Å². The lowest BCUT2D eigenvalue weighted by Gasteiger charge is -2.36. The van der Waals surface area contributed by atoms with Gasteiger partial charge in [0.15, 0.2) is 0 Å². The maximum atomic E-state index is 12.5. The Labute approximate surface area is 138 Å². The van der Waals surface area contributed by atoms with E-state index in [2.05, 4.69) is 12.1 Å². The zero-order valence-electron chi connectivity index (χ0n) is 14.0. The molecule has 0 radical (unpaired) electrons. The van der Waals surface area contributed by atoms with Crippen molar-refractivity contribution in [3.05, 3.63) is 29.8 Å². The largest absolute Gasteiger partial charge is 0.497 e. The second-order valence-electron chi connectivity index (χ2n) is 7.03. The molecule has 4 heteroatoms. The molecule has 1 aliphatic heterocycles. The zero-order chi connectivity index (χ0) is 16.3. The molecule has 0 spiro atoms. The fourth-order valence-corrected chi connectivity index (χ4v) is 3.90. The first-order valence-corrected chi connectivity index (χ1v) is 8.75. The number of nitrogens with zero attached hydrogens (tertiary/aromatic N) is 1. The summed E-state index contributed by atoms with van der Waals surface area (Å²) in [5.74, 6) is 1.47. The Morgan fingerprint density at radius 3 is 2.39 bits per heavy atom. The molecule has 4 nitrogen and oxygen atoms in total. The first-order chi connectivity index (χ1) is 11.1. The van der Waals surface area contributed by atoms with Gasteiger partial charge in [-0.05, 0) is 68.6 Å². The molecule has 0 bridgehead atoms. The van der Waals surface area contributed by atoms with Crippen molar-refractivity contribution in [3.63, 3.8) is 0 Å². The van der Waals surface area contributed by atoms with Gasteiger partial charge in [-0.1, -0.05) is 12.1 Å². The molecule has 0 aromatic heterocycles. The lowest BCUT2D eigenvalue weighted by Crippen LogP contribution is -2.50. The summed E-state index contributed by atoms with van der Waals surface area (Å²) < 4.78 is 5.19. The number of aliphatic hydroxyl groups is 1. The number of rotatable bonds is 4. The molecule has 3 rings (SSSR count). The van der Waals surface area contributed by atoms with Gasteiger partial charge < -0.3 is 14.7 Å². The number of benzene rings is 1. The number of carbonyl (C=O) groups is 1. The zero-order valence-corrected chi connectivity index (χ0v) is 14.0. The molecular weight excluding hydrogens is 290 g/mol. The summed E-state index contributed by atoms with van der Waals surface area (Å²) in [6, 6.07) is 8.25. The van der Waals surface area contributed by atoms with Crippen molar-refractivity contribution in [2.45, 2.75) is 50.5 Å². The summed E-state index contributed by atoms with van der Waals surface area (Å²) in [7, 11) is 1.68. The summed E-state index contributed by atoms with van der Waals surface area (Å²) in [5.41, 5.74) is 0.257. The van der Waals surface area contributed by atoms with E-state index < -0.39 is 5.60 Å². The maximum absolute atomic E-state index is 12.5. The molecule has 1 aliphatic carbocycles. The summed E-state index contributed by atoms with van der Waals surface area (Å²) in [6.45, 7) is 1.56. The third-order valence-electron chi connectivity index (χ3n) is 5.41. The Morgan fingerprint density at radius 1 is 1.22 bits per heavy atom. The second kappa shape index (κ2) is 6.91. The van der Waals surface area contributed by atoms with Crippen LogP contribution in [0.25, 0.3) is 0 Å². The number of hydrogen-bond acceptors (Lipinski definition) is 3. The third-order valence-corrected chi connectivity index (χ3v) is 5.41. The molecule has 0 unspecified atom stereocenters. The fraction of sp³-hybridized carbons (Fsp3) is 0.632. The van der Waals surface area contributed by atoms with Crippen LogP contribution >= 0.6 is 0 Å². The van der Waals surface area contributed by atoms with Crippen LogP contribution in [0.1, 0.15) is 44.1 Å². The smallest absolute Gasteiger partial charge is 0.254 e. The first-order valence-electron chi connectivity index (χ1n) is 8.75. The van der Waals surface area contributed by atoms with E-state index >= 15 is 0 Å². The van der Waals surface area contributed by atoms with E-state index in [-0.39, 0.29) is 5.91 Å². The highest BCUT2D eigenvalue weighted by Gasteiger charge is 2.42. The van der Waals surface area contributed by atoms with E-state index in [0.717, 1.165) is 50.9 Å². The Balaban J connectivity index is 1.50. The number of methoxy groups -OCH3 is 1. The van der Waals surface area contributed by atoms with Crippen LogP contribution in [-0.2, 0) is 11.2 Å². The Kier molecular flexibility index (Phi) is 4.90. The topological polar surface area (TPSA) is 49.8 Å². The minimum absolute atomic E-state index is 0.0297. The van der Waals surface area contributed by atoms with E-state index in [9.17, 15) is 9.90 Å². The van der Waals surface area contributed by atoms with Crippen LogP contribution in [0.2, 0.25) is 0 Å². The van der Waals surface area contributed by atoms with Crippen LogP contribution < -0.4 is 4.74 Å². The summed E-state index contributed by atoms with van der Waals surface area (Å²) in [6.07, 6.45) is 6.31. The molecule has 0 atom stereocenters. The van der Waals surface area contributed by atoms with Crippen LogP contribution in [0.3, 0.4) is 0 Å². The Morgan fingerprint density at radius 2 is 1.83 bits per heavy atom. The number of likely N-dealkylation sites (tertiary alicyclic amines) is 1. The summed E-state index contributed by atoms with van der Waals surface area (Å²) in [4.78, 5) is 14.4. The highest BCUT2D eigenvalue weighted by molar-refractivity contribution is 5.85. The normalized spacial score (nSPS) is 21.4. The van der Waals surface area contributed by atoms with Crippen molar-refractivity contribution in [2.24, 2.45) is 5.92 Å². The molecule has 2 aliphatic rings. The van der Waals surface area contributed by atoms with Gasteiger partial charge in [0.1, 0.15) is 11.4 Å². The van der Waals surface area contributed by atoms with Crippen molar-refractivity contribution in [3.8, 4) is 5.75 Å². The van der Waals surface area contributed by atoms with Crippen molar-refractivity contribution in [1.82, 2.24) is 4.90 Å². The molecule has 1 saturated carbocycles. The molecule has 1 N–H and O–H groups in total. The van der Waals surface area contributed by atoms with E-state index in [1.54, 1.807) is 7.11 Å². The van der Waals surface area contributed by atoms with Gasteiger partial charge in [0, 0.05) is 13.1 Å². The maximum Gasteiger partial charge on any atom is 0.254 e. The minimum atomic E-state index is -1.07. The highest BCUT2D eigenvalue weighted by atomic mass is 16.5. The number of piperidine rings is 1. The molecule has 1 amide bonds. The van der Waals surface area contributed by atoms with Crippen LogP contribution in [0.15, 0.2) is 24.3 Å². The van der Waals surface area contributed by atoms with E-state index in [4.69, 9.17) is 4.74 Å². The average molecular weight is 317 g/mol. The molecule has 1 aromatic carbocycles. The van der Waals surface area contributed by atoms with Crippen molar-refractivity contribution < 1.29 is 14.6 Å². The van der Waals surface area contributed by atoms with Crippen LogP contribution in [0.5, 0.6) is 5.75 Å². The molecule has 1 aromatic rings. The highest BCUT2D eigenvalue weighted by Crippen LogP contribution is 2.33. The van der Waals surface area contributed by atoms with Crippen LogP contribution in [-0.4, -0.2) is 41.7 Å². The van der Waals surface area contributed by atoms with E-state index in [1.807, 2.05) is 17.0 Å². The number of carbonyl (C=O) groups excluding carboxylic acids is 1. The lowest BCUT2D eigenvalue weighted by atomic mass is 9.89. The second-order valence-corrected chi connectivity index (χ2v) is 7.03. The molecule has 1 saturated heterocycles. The lowest BCUT2D eigenvalue weighted by molar-refractivity contribution is -0.152. The monoisotopic (exact) mass is 317 g/mol. The molecule has 126 valence electrons. The Hall–Kier alpha value is -1.55. The predicted octanol–water partition coefficient (Wildman–Crippen LogP) is 2.78. The number of ether oxygens (including phenoxy) is 1.